The van der Waals surface area contributed by atoms with E-state index < -0.39 is 5.92 Å². The van der Waals surface area contributed by atoms with E-state index in [1.165, 1.54) is 10.5 Å². The second-order valence-electron chi connectivity index (χ2n) is 5.42. The van der Waals surface area contributed by atoms with Crippen molar-refractivity contribution < 1.29 is 13.6 Å². The average molecular weight is 267 g/mol. The van der Waals surface area contributed by atoms with Gasteiger partial charge in [0.05, 0.1) is 0 Å². The highest BCUT2D eigenvalue weighted by molar-refractivity contribution is 5.94. The van der Waals surface area contributed by atoms with Gasteiger partial charge in [0.2, 0.25) is 0 Å². The third-order valence-electron chi connectivity index (χ3n) is 3.61. The normalized spacial score (nSPS) is 18.7. The molecule has 0 unspecified atom stereocenters. The smallest absolute Gasteiger partial charge is 0.253 e. The van der Waals surface area contributed by atoms with Crippen LogP contribution in [0.3, 0.4) is 0 Å². The standard InChI is InChI=1S/C15H19F2NO/c1-11(2)12-3-5-13(6-4-12)14(19)18-9-7-15(16,17)8-10-18/h3-6,11H,7-10H2,1-2H3. The molecule has 0 radical (unpaired) electrons. The van der Waals surface area contributed by atoms with Crippen LogP contribution < -0.4 is 0 Å². The first-order valence-corrected chi connectivity index (χ1v) is 6.66. The largest absolute Gasteiger partial charge is 0.338 e. The Morgan fingerprint density at radius 3 is 2.16 bits per heavy atom. The Labute approximate surface area is 112 Å². The first-order valence-electron chi connectivity index (χ1n) is 6.66. The van der Waals surface area contributed by atoms with Crippen LogP contribution in [0, 0.1) is 0 Å². The molecule has 2 rings (SSSR count). The molecule has 2 nitrogen and oxygen atoms in total. The van der Waals surface area contributed by atoms with Crippen molar-refractivity contribution in [2.24, 2.45) is 0 Å². The van der Waals surface area contributed by atoms with E-state index in [0.29, 0.717) is 11.5 Å². The molecular formula is C15H19F2NO. The van der Waals surface area contributed by atoms with Crippen LogP contribution >= 0.6 is 0 Å². The van der Waals surface area contributed by atoms with Gasteiger partial charge < -0.3 is 4.90 Å². The molecule has 0 saturated carbocycles. The molecule has 1 heterocycles. The fourth-order valence-corrected chi connectivity index (χ4v) is 2.23. The molecule has 1 aromatic carbocycles. The molecule has 104 valence electrons. The van der Waals surface area contributed by atoms with Crippen LogP contribution in [0.4, 0.5) is 8.78 Å². The van der Waals surface area contributed by atoms with Gasteiger partial charge >= 0.3 is 0 Å². The summed E-state index contributed by atoms with van der Waals surface area (Å²) in [5, 5.41) is 0. The number of carbonyl (C=O) groups excluding carboxylic acids is 1. The van der Waals surface area contributed by atoms with E-state index in [9.17, 15) is 13.6 Å². The lowest BCUT2D eigenvalue weighted by molar-refractivity contribution is -0.0494. The Hall–Kier alpha value is -1.45. The molecule has 1 aliphatic heterocycles. The van der Waals surface area contributed by atoms with Gasteiger partial charge in [-0.25, -0.2) is 8.78 Å². The van der Waals surface area contributed by atoms with E-state index in [2.05, 4.69) is 13.8 Å². The van der Waals surface area contributed by atoms with Gasteiger partial charge in [-0.05, 0) is 23.6 Å². The van der Waals surface area contributed by atoms with Crippen LogP contribution in [-0.4, -0.2) is 29.8 Å². The quantitative estimate of drug-likeness (QED) is 0.800. The highest BCUT2D eigenvalue weighted by Crippen LogP contribution is 2.28. The molecule has 1 saturated heterocycles. The first-order chi connectivity index (χ1) is 8.89. The molecule has 0 N–H and O–H groups in total. The minimum atomic E-state index is -2.61. The third kappa shape index (κ3) is 3.31. The van der Waals surface area contributed by atoms with Crippen LogP contribution in [0.25, 0.3) is 0 Å². The Morgan fingerprint density at radius 1 is 1.16 bits per heavy atom. The predicted octanol–water partition coefficient (Wildman–Crippen LogP) is 3.68. The summed E-state index contributed by atoms with van der Waals surface area (Å²) in [5.41, 5.74) is 1.75. The van der Waals surface area contributed by atoms with E-state index in [-0.39, 0.29) is 31.8 Å². The van der Waals surface area contributed by atoms with Gasteiger partial charge in [0.15, 0.2) is 0 Å². The number of carbonyl (C=O) groups is 1. The number of alkyl halides is 2. The van der Waals surface area contributed by atoms with Gasteiger partial charge in [0.25, 0.3) is 11.8 Å². The van der Waals surface area contributed by atoms with Crippen LogP contribution in [0.1, 0.15) is 48.5 Å². The van der Waals surface area contributed by atoms with E-state index >= 15 is 0 Å². The molecule has 0 aromatic heterocycles. The van der Waals surface area contributed by atoms with Crippen LogP contribution in [0.15, 0.2) is 24.3 Å². The summed E-state index contributed by atoms with van der Waals surface area (Å²) < 4.78 is 26.1. The third-order valence-corrected chi connectivity index (χ3v) is 3.61. The zero-order valence-electron chi connectivity index (χ0n) is 11.3. The topological polar surface area (TPSA) is 20.3 Å². The molecule has 19 heavy (non-hydrogen) atoms. The van der Waals surface area contributed by atoms with Gasteiger partial charge in [-0.2, -0.15) is 0 Å². The Balaban J connectivity index is 2.04. The van der Waals surface area contributed by atoms with Gasteiger partial charge in [0.1, 0.15) is 0 Å². The van der Waals surface area contributed by atoms with Crippen molar-refractivity contribution in [3.63, 3.8) is 0 Å². The lowest BCUT2D eigenvalue weighted by Crippen LogP contribution is -2.42. The highest BCUT2D eigenvalue weighted by Gasteiger charge is 2.35. The number of rotatable bonds is 2. The van der Waals surface area contributed by atoms with Crippen molar-refractivity contribution in [3.8, 4) is 0 Å². The van der Waals surface area contributed by atoms with Crippen molar-refractivity contribution in [2.45, 2.75) is 38.5 Å². The maximum absolute atomic E-state index is 13.0. The summed E-state index contributed by atoms with van der Waals surface area (Å²) in [5.74, 6) is -2.35. The second-order valence-corrected chi connectivity index (χ2v) is 5.42. The number of likely N-dealkylation sites (tertiary alicyclic amines) is 1. The summed E-state index contributed by atoms with van der Waals surface area (Å²) in [6.45, 7) is 4.45. The number of benzene rings is 1. The fourth-order valence-electron chi connectivity index (χ4n) is 2.23. The summed E-state index contributed by atoms with van der Waals surface area (Å²) in [7, 11) is 0. The van der Waals surface area contributed by atoms with E-state index in [1.807, 2.05) is 12.1 Å². The Bertz CT molecular complexity index is 444. The minimum Gasteiger partial charge on any atom is -0.338 e. The van der Waals surface area contributed by atoms with E-state index in [0.717, 1.165) is 0 Å². The zero-order valence-corrected chi connectivity index (χ0v) is 11.3. The van der Waals surface area contributed by atoms with E-state index in [4.69, 9.17) is 0 Å². The number of hydrogen-bond donors (Lipinski definition) is 0. The SMILES string of the molecule is CC(C)c1ccc(C(=O)N2CCC(F)(F)CC2)cc1. The zero-order chi connectivity index (χ0) is 14.0. The van der Waals surface area contributed by atoms with Crippen molar-refractivity contribution in [2.75, 3.05) is 13.1 Å². The van der Waals surface area contributed by atoms with E-state index in [1.54, 1.807) is 12.1 Å². The van der Waals surface area contributed by atoms with Crippen molar-refractivity contribution in [1.29, 1.82) is 0 Å². The fraction of sp³-hybridized carbons (Fsp3) is 0.533. The number of piperidine rings is 1. The Morgan fingerprint density at radius 2 is 1.68 bits per heavy atom. The molecule has 1 amide bonds. The summed E-state index contributed by atoms with van der Waals surface area (Å²) >= 11 is 0. The highest BCUT2D eigenvalue weighted by atomic mass is 19.3. The van der Waals surface area contributed by atoms with Gasteiger partial charge in [-0.3, -0.25) is 4.79 Å². The summed E-state index contributed by atoms with van der Waals surface area (Å²) in [6.07, 6.45) is -0.467. The maximum atomic E-state index is 13.0. The number of halogens is 2. The minimum absolute atomic E-state index is 0.137. The second kappa shape index (κ2) is 5.27. The number of amides is 1. The number of nitrogens with zero attached hydrogens (tertiary/aromatic N) is 1. The predicted molar refractivity (Wildman–Crippen MR) is 70.6 cm³/mol. The van der Waals surface area contributed by atoms with Crippen molar-refractivity contribution >= 4 is 5.91 Å². The van der Waals surface area contributed by atoms with Crippen LogP contribution in [0.5, 0.6) is 0 Å². The molecule has 1 aliphatic rings. The van der Waals surface area contributed by atoms with Crippen molar-refractivity contribution in [3.05, 3.63) is 35.4 Å². The van der Waals surface area contributed by atoms with Crippen LogP contribution in [0.2, 0.25) is 0 Å². The first kappa shape index (κ1) is 14.0. The van der Waals surface area contributed by atoms with Gasteiger partial charge in [0, 0.05) is 31.5 Å². The lowest BCUT2D eigenvalue weighted by Gasteiger charge is -2.31. The average Bonchev–Trinajstić information content (AvgIpc) is 2.38. The maximum Gasteiger partial charge on any atom is 0.253 e. The van der Waals surface area contributed by atoms with Crippen molar-refractivity contribution in [1.82, 2.24) is 4.90 Å². The molecule has 4 heteroatoms. The molecule has 0 aliphatic carbocycles. The monoisotopic (exact) mass is 267 g/mol. The molecule has 1 fully saturated rings. The summed E-state index contributed by atoms with van der Waals surface area (Å²) in [6, 6.07) is 7.42. The molecule has 0 bridgehead atoms. The Kier molecular flexibility index (Phi) is 3.88. The molecule has 1 aromatic rings. The van der Waals surface area contributed by atoms with Gasteiger partial charge in [-0.15, -0.1) is 0 Å². The molecule has 0 spiro atoms. The molecule has 0 atom stereocenters. The lowest BCUT2D eigenvalue weighted by atomic mass is 10.0. The van der Waals surface area contributed by atoms with Crippen LogP contribution in [-0.2, 0) is 0 Å². The molecular weight excluding hydrogens is 248 g/mol. The summed E-state index contributed by atoms with van der Waals surface area (Å²) in [4.78, 5) is 13.7. The number of hydrogen-bond acceptors (Lipinski definition) is 1. The van der Waals surface area contributed by atoms with Gasteiger partial charge in [-0.1, -0.05) is 26.0 Å².